The molecule has 30 heavy (non-hydrogen) atoms. The molecule has 0 amide bonds. The first-order valence-electron chi connectivity index (χ1n) is 9.11. The van der Waals surface area contributed by atoms with E-state index in [2.05, 4.69) is 20.9 Å². The molecule has 7 nitrogen and oxygen atoms in total. The summed E-state index contributed by atoms with van der Waals surface area (Å²) in [5, 5.41) is 0. The number of benzene rings is 1. The second-order valence-corrected chi connectivity index (χ2v) is 7.52. The molecule has 0 saturated heterocycles. The van der Waals surface area contributed by atoms with Gasteiger partial charge < -0.3 is 13.9 Å². The minimum atomic E-state index is -0.643. The van der Waals surface area contributed by atoms with Gasteiger partial charge in [0.1, 0.15) is 30.4 Å². The van der Waals surface area contributed by atoms with Crippen molar-refractivity contribution in [2.75, 3.05) is 0 Å². The number of aryl methyl sites for hydroxylation is 1. The number of esters is 1. The number of carbonyl (C=O) groups is 1. The predicted molar refractivity (Wildman–Crippen MR) is 113 cm³/mol. The molecule has 0 aliphatic rings. The lowest BCUT2D eigenvalue weighted by Gasteiger charge is -2.06. The van der Waals surface area contributed by atoms with Crippen LogP contribution in [0.15, 0.2) is 74.5 Å². The molecule has 0 bridgehead atoms. The number of aromatic nitrogens is 2. The second-order valence-electron chi connectivity index (χ2n) is 6.61. The number of nitrogens with zero attached hydrogens (tertiary/aromatic N) is 2. The number of halogens is 1. The van der Waals surface area contributed by atoms with Crippen LogP contribution in [-0.4, -0.2) is 15.4 Å². The maximum Gasteiger partial charge on any atom is 0.374 e. The molecule has 0 radical (unpaired) electrons. The molecular formula is C22H17BrN2O5. The average Bonchev–Trinajstić information content (AvgIpc) is 3.21. The molecule has 0 aliphatic heterocycles. The first kappa shape index (κ1) is 19.9. The zero-order valence-electron chi connectivity index (χ0n) is 16.0. The summed E-state index contributed by atoms with van der Waals surface area (Å²) in [6, 6.07) is 15.5. The van der Waals surface area contributed by atoms with E-state index >= 15 is 0 Å². The SMILES string of the molecule is Cc1ccc2nc(COC(=O)c3ccc(COc4ccc(Br)cc4)o3)cc(=O)n2c1. The Morgan fingerprint density at radius 1 is 1.10 bits per heavy atom. The zero-order valence-corrected chi connectivity index (χ0v) is 17.6. The summed E-state index contributed by atoms with van der Waals surface area (Å²) < 4.78 is 18.8. The lowest BCUT2D eigenvalue weighted by Crippen LogP contribution is -2.16. The first-order chi connectivity index (χ1) is 14.5. The Hall–Kier alpha value is -3.39. The van der Waals surface area contributed by atoms with Crippen molar-refractivity contribution in [1.82, 2.24) is 9.38 Å². The summed E-state index contributed by atoms with van der Waals surface area (Å²) in [5.41, 5.74) is 1.57. The number of fused-ring (bicyclic) bond motifs is 1. The van der Waals surface area contributed by atoms with Gasteiger partial charge in [-0.05, 0) is 55.0 Å². The van der Waals surface area contributed by atoms with E-state index in [0.29, 0.717) is 22.9 Å². The Labute approximate surface area is 180 Å². The fourth-order valence-corrected chi connectivity index (χ4v) is 3.06. The molecule has 0 unspecified atom stereocenters. The van der Waals surface area contributed by atoms with Crippen LogP contribution in [0.4, 0.5) is 0 Å². The van der Waals surface area contributed by atoms with Crippen molar-refractivity contribution in [1.29, 1.82) is 0 Å². The Kier molecular flexibility index (Phi) is 5.67. The van der Waals surface area contributed by atoms with Gasteiger partial charge in [0.15, 0.2) is 0 Å². The lowest BCUT2D eigenvalue weighted by molar-refractivity contribution is 0.0427. The molecule has 0 saturated carbocycles. The van der Waals surface area contributed by atoms with E-state index in [1.807, 2.05) is 37.3 Å². The topological polar surface area (TPSA) is 83.0 Å². The largest absolute Gasteiger partial charge is 0.486 e. The highest BCUT2D eigenvalue weighted by molar-refractivity contribution is 9.10. The van der Waals surface area contributed by atoms with Gasteiger partial charge in [0.2, 0.25) is 5.76 Å². The van der Waals surface area contributed by atoms with E-state index in [1.54, 1.807) is 18.3 Å². The van der Waals surface area contributed by atoms with Gasteiger partial charge in [-0.2, -0.15) is 0 Å². The van der Waals surface area contributed by atoms with E-state index < -0.39 is 5.97 Å². The maximum atomic E-state index is 12.3. The van der Waals surface area contributed by atoms with Gasteiger partial charge in [-0.15, -0.1) is 0 Å². The fraction of sp³-hybridized carbons (Fsp3) is 0.136. The molecule has 3 heterocycles. The lowest BCUT2D eigenvalue weighted by atomic mass is 10.3. The predicted octanol–water partition coefficient (Wildman–Crippen LogP) is 4.29. The standard InChI is InChI=1S/C22H17BrN2O5/c1-14-2-9-20-24-16(10-21(26)25(20)11-14)12-29-22(27)19-8-7-18(30-19)13-28-17-5-3-15(23)4-6-17/h2-11H,12-13H2,1H3. The molecule has 152 valence electrons. The molecule has 3 aromatic heterocycles. The van der Waals surface area contributed by atoms with Crippen molar-refractivity contribution in [3.05, 3.63) is 98.4 Å². The van der Waals surface area contributed by atoms with Crippen LogP contribution in [0.3, 0.4) is 0 Å². The van der Waals surface area contributed by atoms with E-state index in [-0.39, 0.29) is 24.5 Å². The van der Waals surface area contributed by atoms with Crippen LogP contribution in [-0.2, 0) is 18.0 Å². The first-order valence-corrected chi connectivity index (χ1v) is 9.90. The highest BCUT2D eigenvalue weighted by Gasteiger charge is 2.14. The summed E-state index contributed by atoms with van der Waals surface area (Å²) in [7, 11) is 0. The van der Waals surface area contributed by atoms with E-state index in [4.69, 9.17) is 13.9 Å². The van der Waals surface area contributed by atoms with Crippen molar-refractivity contribution < 1.29 is 18.7 Å². The van der Waals surface area contributed by atoms with E-state index in [1.165, 1.54) is 16.5 Å². The highest BCUT2D eigenvalue weighted by atomic mass is 79.9. The molecule has 0 fully saturated rings. The number of hydrogen-bond donors (Lipinski definition) is 0. The Balaban J connectivity index is 1.37. The summed E-state index contributed by atoms with van der Waals surface area (Å²) in [4.78, 5) is 28.8. The highest BCUT2D eigenvalue weighted by Crippen LogP contribution is 2.18. The van der Waals surface area contributed by atoms with Gasteiger partial charge in [-0.3, -0.25) is 9.20 Å². The van der Waals surface area contributed by atoms with Crippen molar-refractivity contribution in [2.24, 2.45) is 0 Å². The number of rotatable bonds is 6. The smallest absolute Gasteiger partial charge is 0.374 e. The van der Waals surface area contributed by atoms with Crippen LogP contribution in [0.5, 0.6) is 5.75 Å². The Morgan fingerprint density at radius 2 is 1.90 bits per heavy atom. The molecule has 0 N–H and O–H groups in total. The van der Waals surface area contributed by atoms with Gasteiger partial charge in [0, 0.05) is 16.7 Å². The Morgan fingerprint density at radius 3 is 2.70 bits per heavy atom. The van der Waals surface area contributed by atoms with Crippen LogP contribution in [0.1, 0.15) is 27.6 Å². The monoisotopic (exact) mass is 468 g/mol. The average molecular weight is 469 g/mol. The maximum absolute atomic E-state index is 12.3. The van der Waals surface area contributed by atoms with Gasteiger partial charge in [0.05, 0.1) is 5.69 Å². The van der Waals surface area contributed by atoms with Gasteiger partial charge in [0.25, 0.3) is 5.56 Å². The normalized spacial score (nSPS) is 10.9. The summed E-state index contributed by atoms with van der Waals surface area (Å²) in [6.45, 7) is 1.93. The van der Waals surface area contributed by atoms with Crippen molar-refractivity contribution >= 4 is 27.5 Å². The molecule has 8 heteroatoms. The number of hydrogen-bond acceptors (Lipinski definition) is 6. The van der Waals surface area contributed by atoms with E-state index in [0.717, 1.165) is 10.0 Å². The minimum absolute atomic E-state index is 0.0533. The van der Waals surface area contributed by atoms with Crippen LogP contribution < -0.4 is 10.3 Å². The zero-order chi connectivity index (χ0) is 21.1. The third-order valence-electron chi connectivity index (χ3n) is 4.27. The number of carbonyl (C=O) groups excluding carboxylic acids is 1. The number of furan rings is 1. The molecule has 4 aromatic rings. The van der Waals surface area contributed by atoms with E-state index in [9.17, 15) is 9.59 Å². The molecule has 0 atom stereocenters. The second kappa shape index (κ2) is 8.54. The summed E-state index contributed by atoms with van der Waals surface area (Å²) in [6.07, 6.45) is 1.71. The third kappa shape index (κ3) is 4.60. The molecule has 0 spiro atoms. The van der Waals surface area contributed by atoms with Gasteiger partial charge >= 0.3 is 5.97 Å². The molecule has 0 aliphatic carbocycles. The summed E-state index contributed by atoms with van der Waals surface area (Å²) in [5.74, 6) is 0.582. The minimum Gasteiger partial charge on any atom is -0.486 e. The molecular weight excluding hydrogens is 452 g/mol. The number of pyridine rings is 1. The Bertz CT molecular complexity index is 1260. The summed E-state index contributed by atoms with van der Waals surface area (Å²) >= 11 is 3.36. The van der Waals surface area contributed by atoms with Crippen molar-refractivity contribution in [3.63, 3.8) is 0 Å². The quantitative estimate of drug-likeness (QED) is 0.392. The van der Waals surface area contributed by atoms with Crippen molar-refractivity contribution in [3.8, 4) is 5.75 Å². The van der Waals surface area contributed by atoms with Gasteiger partial charge in [-0.25, -0.2) is 9.78 Å². The molecule has 1 aromatic carbocycles. The fourth-order valence-electron chi connectivity index (χ4n) is 2.79. The third-order valence-corrected chi connectivity index (χ3v) is 4.80. The number of ether oxygens (including phenoxy) is 2. The van der Waals surface area contributed by atoms with Crippen LogP contribution in [0.2, 0.25) is 0 Å². The van der Waals surface area contributed by atoms with Crippen LogP contribution in [0.25, 0.3) is 5.65 Å². The van der Waals surface area contributed by atoms with Crippen molar-refractivity contribution in [2.45, 2.75) is 20.1 Å². The van der Waals surface area contributed by atoms with Crippen LogP contribution in [0, 0.1) is 6.92 Å². The molecule has 4 rings (SSSR count). The van der Waals surface area contributed by atoms with Gasteiger partial charge in [-0.1, -0.05) is 22.0 Å². The van der Waals surface area contributed by atoms with Crippen LogP contribution >= 0.6 is 15.9 Å².